The summed E-state index contributed by atoms with van der Waals surface area (Å²) in [5.74, 6) is -4.51. The van der Waals surface area contributed by atoms with Crippen LogP contribution < -0.4 is 0 Å². The summed E-state index contributed by atoms with van der Waals surface area (Å²) in [5, 5.41) is 0. The van der Waals surface area contributed by atoms with Gasteiger partial charge in [-0.15, -0.1) is 0 Å². The minimum atomic E-state index is -2.85. The van der Waals surface area contributed by atoms with E-state index in [9.17, 15) is 18.4 Å². The van der Waals surface area contributed by atoms with Gasteiger partial charge in [-0.2, -0.15) is 0 Å². The molecular formula is C7H6F2O3. The fourth-order valence-electron chi connectivity index (χ4n) is 1.58. The van der Waals surface area contributed by atoms with Crippen LogP contribution >= 0.6 is 0 Å². The van der Waals surface area contributed by atoms with Crippen LogP contribution in [-0.4, -0.2) is 17.9 Å². The zero-order valence-electron chi connectivity index (χ0n) is 6.10. The van der Waals surface area contributed by atoms with Crippen LogP contribution in [0, 0.1) is 5.41 Å². The fraction of sp³-hybridized carbons (Fsp3) is 0.714. The Bertz CT molecular complexity index is 256. The van der Waals surface area contributed by atoms with Gasteiger partial charge in [-0.05, 0) is 0 Å². The number of esters is 2. The van der Waals surface area contributed by atoms with Gasteiger partial charge in [0.15, 0.2) is 0 Å². The SMILES string of the molecule is O=C1CC2(CC(=O)O1)CC2(F)F. The summed E-state index contributed by atoms with van der Waals surface area (Å²) in [5.41, 5.74) is -1.39. The molecule has 0 amide bonds. The Hall–Kier alpha value is -1.00. The van der Waals surface area contributed by atoms with Crippen molar-refractivity contribution in [3.63, 3.8) is 0 Å². The van der Waals surface area contributed by atoms with E-state index in [4.69, 9.17) is 0 Å². The molecule has 1 aliphatic carbocycles. The van der Waals surface area contributed by atoms with Crippen LogP contribution in [-0.2, 0) is 14.3 Å². The van der Waals surface area contributed by atoms with Crippen molar-refractivity contribution in [3.8, 4) is 0 Å². The maximum Gasteiger partial charge on any atom is 0.314 e. The zero-order chi connectivity index (χ0) is 8.98. The molecule has 2 aliphatic rings. The van der Waals surface area contributed by atoms with Gasteiger partial charge in [0.25, 0.3) is 5.92 Å². The third-order valence-electron chi connectivity index (χ3n) is 2.40. The van der Waals surface area contributed by atoms with E-state index in [1.807, 2.05) is 0 Å². The molecule has 5 heteroatoms. The summed E-state index contributed by atoms with van der Waals surface area (Å²) in [7, 11) is 0. The molecule has 0 atom stereocenters. The topological polar surface area (TPSA) is 43.4 Å². The number of carbonyl (C=O) groups is 2. The molecule has 1 saturated heterocycles. The number of rotatable bonds is 0. The van der Waals surface area contributed by atoms with Crippen LogP contribution in [0.15, 0.2) is 0 Å². The number of alkyl halides is 2. The Balaban J connectivity index is 2.20. The fourth-order valence-corrected chi connectivity index (χ4v) is 1.58. The standard InChI is InChI=1S/C7H6F2O3/c8-7(9)3-6(7)1-4(10)12-5(11)2-6/h1-3H2. The van der Waals surface area contributed by atoms with Crippen molar-refractivity contribution in [1.82, 2.24) is 0 Å². The van der Waals surface area contributed by atoms with E-state index in [1.165, 1.54) is 0 Å². The summed E-state index contributed by atoms with van der Waals surface area (Å²) < 4.78 is 29.5. The first-order valence-electron chi connectivity index (χ1n) is 3.57. The maximum absolute atomic E-state index is 12.7. The van der Waals surface area contributed by atoms with Crippen LogP contribution in [0.1, 0.15) is 19.3 Å². The first-order valence-corrected chi connectivity index (χ1v) is 3.57. The summed E-state index contributed by atoms with van der Waals surface area (Å²) in [6.45, 7) is 0. The normalized spacial score (nSPS) is 30.2. The van der Waals surface area contributed by atoms with Crippen molar-refractivity contribution in [3.05, 3.63) is 0 Å². The highest BCUT2D eigenvalue weighted by molar-refractivity contribution is 5.90. The Kier molecular flexibility index (Phi) is 1.17. The van der Waals surface area contributed by atoms with E-state index in [2.05, 4.69) is 4.74 Å². The summed E-state index contributed by atoms with van der Waals surface area (Å²) in [4.78, 5) is 21.3. The average Bonchev–Trinajstić information content (AvgIpc) is 2.27. The van der Waals surface area contributed by atoms with Gasteiger partial charge in [0.2, 0.25) is 0 Å². The highest BCUT2D eigenvalue weighted by atomic mass is 19.3. The van der Waals surface area contributed by atoms with Crippen molar-refractivity contribution < 1.29 is 23.1 Å². The lowest BCUT2D eigenvalue weighted by atomic mass is 9.95. The molecule has 66 valence electrons. The van der Waals surface area contributed by atoms with Gasteiger partial charge in [0.05, 0.1) is 18.3 Å². The molecule has 3 nitrogen and oxygen atoms in total. The molecule has 0 aromatic rings. The van der Waals surface area contributed by atoms with E-state index in [1.54, 1.807) is 0 Å². The smallest absolute Gasteiger partial charge is 0.314 e. The van der Waals surface area contributed by atoms with E-state index >= 15 is 0 Å². The molecule has 0 N–H and O–H groups in total. The first-order chi connectivity index (χ1) is 5.45. The third kappa shape index (κ3) is 0.852. The van der Waals surface area contributed by atoms with Crippen LogP contribution in [0.3, 0.4) is 0 Å². The van der Waals surface area contributed by atoms with E-state index < -0.39 is 23.3 Å². The molecule has 2 rings (SSSR count). The molecule has 2 fully saturated rings. The van der Waals surface area contributed by atoms with Gasteiger partial charge in [-0.25, -0.2) is 8.78 Å². The minimum absolute atomic E-state index is 0.328. The second-order valence-electron chi connectivity index (χ2n) is 3.36. The van der Waals surface area contributed by atoms with Gasteiger partial charge in [-0.1, -0.05) is 0 Å². The molecule has 0 unspecified atom stereocenters. The quantitative estimate of drug-likeness (QED) is 0.406. The number of halogens is 2. The Labute approximate surface area is 66.7 Å². The largest absolute Gasteiger partial charge is 0.393 e. The highest BCUT2D eigenvalue weighted by Gasteiger charge is 2.73. The summed E-state index contributed by atoms with van der Waals surface area (Å²) in [6.07, 6.45) is -1.02. The zero-order valence-corrected chi connectivity index (χ0v) is 6.10. The Morgan fingerprint density at radius 1 is 1.17 bits per heavy atom. The number of carbonyl (C=O) groups excluding carboxylic acids is 2. The molecule has 1 heterocycles. The van der Waals surface area contributed by atoms with Crippen molar-refractivity contribution in [2.45, 2.75) is 25.2 Å². The second-order valence-corrected chi connectivity index (χ2v) is 3.36. The van der Waals surface area contributed by atoms with Crippen molar-refractivity contribution >= 4 is 11.9 Å². The van der Waals surface area contributed by atoms with Crippen molar-refractivity contribution in [2.75, 3.05) is 0 Å². The Morgan fingerprint density at radius 2 is 1.58 bits per heavy atom. The second kappa shape index (κ2) is 1.84. The summed E-state index contributed by atoms with van der Waals surface area (Å²) in [6, 6.07) is 0. The monoisotopic (exact) mass is 176 g/mol. The third-order valence-corrected chi connectivity index (χ3v) is 2.40. The van der Waals surface area contributed by atoms with Crippen LogP contribution in [0.5, 0.6) is 0 Å². The molecule has 0 aromatic carbocycles. The number of cyclic esters (lactones) is 2. The maximum atomic E-state index is 12.7. The predicted octanol–water partition coefficient (Wildman–Crippen LogP) is 0.875. The number of hydrogen-bond acceptors (Lipinski definition) is 3. The predicted molar refractivity (Wildman–Crippen MR) is 32.3 cm³/mol. The van der Waals surface area contributed by atoms with Gasteiger partial charge in [0, 0.05) is 6.42 Å². The van der Waals surface area contributed by atoms with Crippen molar-refractivity contribution in [2.24, 2.45) is 5.41 Å². The lowest BCUT2D eigenvalue weighted by Crippen LogP contribution is -2.30. The number of hydrogen-bond donors (Lipinski definition) is 0. The van der Waals surface area contributed by atoms with Crippen LogP contribution in [0.4, 0.5) is 8.78 Å². The van der Waals surface area contributed by atoms with E-state index in [-0.39, 0.29) is 19.3 Å². The molecule has 1 spiro atoms. The molecule has 0 aromatic heterocycles. The Morgan fingerprint density at radius 3 is 1.92 bits per heavy atom. The summed E-state index contributed by atoms with van der Waals surface area (Å²) >= 11 is 0. The molecule has 0 bridgehead atoms. The molecular weight excluding hydrogens is 170 g/mol. The van der Waals surface area contributed by atoms with E-state index in [0.717, 1.165) is 0 Å². The molecule has 12 heavy (non-hydrogen) atoms. The molecule has 1 aliphatic heterocycles. The lowest BCUT2D eigenvalue weighted by Gasteiger charge is -2.18. The molecule has 1 saturated carbocycles. The van der Waals surface area contributed by atoms with Gasteiger partial charge in [0.1, 0.15) is 0 Å². The average molecular weight is 176 g/mol. The number of ether oxygens (including phenoxy) is 1. The first kappa shape index (κ1) is 7.64. The van der Waals surface area contributed by atoms with E-state index in [0.29, 0.717) is 0 Å². The van der Waals surface area contributed by atoms with Gasteiger partial charge in [-0.3, -0.25) is 9.59 Å². The lowest BCUT2D eigenvalue weighted by molar-refractivity contribution is -0.168. The van der Waals surface area contributed by atoms with Crippen LogP contribution in [0.25, 0.3) is 0 Å². The highest BCUT2D eigenvalue weighted by Crippen LogP contribution is 2.65. The molecule has 0 radical (unpaired) electrons. The van der Waals surface area contributed by atoms with Crippen molar-refractivity contribution in [1.29, 1.82) is 0 Å². The van der Waals surface area contributed by atoms with Gasteiger partial charge < -0.3 is 4.74 Å². The van der Waals surface area contributed by atoms with Crippen LogP contribution in [0.2, 0.25) is 0 Å². The van der Waals surface area contributed by atoms with Gasteiger partial charge >= 0.3 is 11.9 Å². The minimum Gasteiger partial charge on any atom is -0.393 e.